The summed E-state index contributed by atoms with van der Waals surface area (Å²) >= 11 is 0. The molecule has 1 aliphatic carbocycles. The molecule has 0 aromatic carbocycles. The molecule has 6 nitrogen and oxygen atoms in total. The molecule has 1 saturated heterocycles. The summed E-state index contributed by atoms with van der Waals surface area (Å²) in [4.78, 5) is 24.9. The van der Waals surface area contributed by atoms with Crippen LogP contribution in [0.3, 0.4) is 0 Å². The van der Waals surface area contributed by atoms with Crippen molar-refractivity contribution in [2.75, 3.05) is 32.7 Å². The molecule has 2 amide bonds. The largest absolute Gasteiger partial charge is 0.354 e. The van der Waals surface area contributed by atoms with Gasteiger partial charge in [-0.3, -0.25) is 9.59 Å². The van der Waals surface area contributed by atoms with Crippen LogP contribution in [0.1, 0.15) is 19.3 Å². The number of likely N-dealkylation sites (tertiary alicyclic amines) is 1. The van der Waals surface area contributed by atoms with E-state index < -0.39 is 0 Å². The number of hydrogen-bond acceptors (Lipinski definition) is 4. The van der Waals surface area contributed by atoms with Crippen LogP contribution in [0.2, 0.25) is 0 Å². The van der Waals surface area contributed by atoms with Crippen LogP contribution in [0, 0.1) is 5.92 Å². The zero-order chi connectivity index (χ0) is 13.0. The molecule has 1 heterocycles. The van der Waals surface area contributed by atoms with E-state index in [4.69, 9.17) is 5.73 Å². The zero-order valence-corrected chi connectivity index (χ0v) is 10.7. The molecule has 0 radical (unpaired) electrons. The maximum Gasteiger partial charge on any atom is 0.239 e. The molecule has 0 spiro atoms. The molecule has 102 valence electrons. The number of nitrogens with zero attached hydrogens (tertiary/aromatic N) is 1. The van der Waals surface area contributed by atoms with Crippen LogP contribution in [-0.4, -0.2) is 55.5 Å². The summed E-state index contributed by atoms with van der Waals surface area (Å²) in [7, 11) is 0. The first-order chi connectivity index (χ1) is 8.69. The lowest BCUT2D eigenvalue weighted by atomic mass is 10.1. The molecule has 2 aliphatic rings. The second-order valence-electron chi connectivity index (χ2n) is 5.17. The normalized spacial score (nSPS) is 23.9. The van der Waals surface area contributed by atoms with Gasteiger partial charge in [0.2, 0.25) is 11.8 Å². The highest BCUT2D eigenvalue weighted by molar-refractivity contribution is 5.85. The predicted molar refractivity (Wildman–Crippen MR) is 67.8 cm³/mol. The van der Waals surface area contributed by atoms with E-state index in [1.54, 1.807) is 0 Å². The van der Waals surface area contributed by atoms with Crippen molar-refractivity contribution in [3.63, 3.8) is 0 Å². The summed E-state index contributed by atoms with van der Waals surface area (Å²) in [5, 5.41) is 5.32. The first-order valence-corrected chi connectivity index (χ1v) is 6.66. The molecule has 2 rings (SSSR count). The molecule has 6 heteroatoms. The number of nitrogens with two attached hydrogens (primary N) is 1. The summed E-state index contributed by atoms with van der Waals surface area (Å²) in [5.74, 6) is 0.118. The third kappa shape index (κ3) is 3.96. The summed E-state index contributed by atoms with van der Waals surface area (Å²) in [5.41, 5.74) is 5.13. The zero-order valence-electron chi connectivity index (χ0n) is 10.7. The molecule has 0 bridgehead atoms. The van der Waals surface area contributed by atoms with Gasteiger partial charge in [-0.2, -0.15) is 0 Å². The van der Waals surface area contributed by atoms with Gasteiger partial charge in [0.05, 0.1) is 13.1 Å². The molecule has 0 aromatic heterocycles. The van der Waals surface area contributed by atoms with Crippen LogP contribution >= 0.6 is 0 Å². The Morgan fingerprint density at radius 3 is 2.61 bits per heavy atom. The standard InChI is InChI=1S/C12H22N4O2/c13-5-11(17)15-7-12(18)14-6-9-3-4-16(8-9)10-1-2-10/h9-10H,1-8,13H2,(H,14,18)(H,15,17). The van der Waals surface area contributed by atoms with Gasteiger partial charge in [0.15, 0.2) is 0 Å². The van der Waals surface area contributed by atoms with Gasteiger partial charge in [0.1, 0.15) is 0 Å². The van der Waals surface area contributed by atoms with Gasteiger partial charge in [-0.1, -0.05) is 0 Å². The SMILES string of the molecule is NCC(=O)NCC(=O)NCC1CCN(C2CC2)C1. The minimum atomic E-state index is -0.300. The van der Waals surface area contributed by atoms with E-state index in [-0.39, 0.29) is 24.9 Å². The van der Waals surface area contributed by atoms with E-state index in [9.17, 15) is 9.59 Å². The van der Waals surface area contributed by atoms with Crippen molar-refractivity contribution >= 4 is 11.8 Å². The monoisotopic (exact) mass is 254 g/mol. The highest BCUT2D eigenvalue weighted by Gasteiger charge is 2.34. The smallest absolute Gasteiger partial charge is 0.239 e. The summed E-state index contributed by atoms with van der Waals surface area (Å²) in [6, 6.07) is 0.814. The molecular weight excluding hydrogens is 232 g/mol. The number of carbonyl (C=O) groups is 2. The van der Waals surface area contributed by atoms with Crippen LogP contribution in [0.25, 0.3) is 0 Å². The highest BCUT2D eigenvalue weighted by Crippen LogP contribution is 2.31. The van der Waals surface area contributed by atoms with Gasteiger partial charge in [-0.15, -0.1) is 0 Å². The number of nitrogens with one attached hydrogen (secondary N) is 2. The second kappa shape index (κ2) is 6.15. The van der Waals surface area contributed by atoms with Crippen molar-refractivity contribution < 1.29 is 9.59 Å². The van der Waals surface area contributed by atoms with Crippen LogP contribution < -0.4 is 16.4 Å². The summed E-state index contributed by atoms with van der Waals surface area (Å²) < 4.78 is 0. The lowest BCUT2D eigenvalue weighted by Gasteiger charge is -2.15. The van der Waals surface area contributed by atoms with E-state index in [1.165, 1.54) is 12.8 Å². The van der Waals surface area contributed by atoms with Gasteiger partial charge in [-0.25, -0.2) is 0 Å². The van der Waals surface area contributed by atoms with Crippen molar-refractivity contribution in [1.29, 1.82) is 0 Å². The average Bonchev–Trinajstić information content (AvgIpc) is 3.13. The van der Waals surface area contributed by atoms with Gasteiger partial charge < -0.3 is 21.3 Å². The fourth-order valence-corrected chi connectivity index (χ4v) is 2.37. The van der Waals surface area contributed by atoms with E-state index in [0.29, 0.717) is 12.5 Å². The Morgan fingerprint density at radius 1 is 1.17 bits per heavy atom. The molecule has 4 N–H and O–H groups in total. The molecule has 0 aromatic rings. The van der Waals surface area contributed by atoms with Crippen molar-refractivity contribution in [2.45, 2.75) is 25.3 Å². The highest BCUT2D eigenvalue weighted by atomic mass is 16.2. The number of rotatable bonds is 6. The Hall–Kier alpha value is -1.14. The van der Waals surface area contributed by atoms with Gasteiger partial charge in [0.25, 0.3) is 0 Å². The van der Waals surface area contributed by atoms with Gasteiger partial charge >= 0.3 is 0 Å². The third-order valence-electron chi connectivity index (χ3n) is 3.60. The van der Waals surface area contributed by atoms with E-state index in [0.717, 1.165) is 25.6 Å². The molecular formula is C12H22N4O2. The maximum atomic E-state index is 11.5. The van der Waals surface area contributed by atoms with Gasteiger partial charge in [0, 0.05) is 19.1 Å². The molecule has 1 saturated carbocycles. The lowest BCUT2D eigenvalue weighted by molar-refractivity contribution is -0.125. The topological polar surface area (TPSA) is 87.5 Å². The molecule has 1 unspecified atom stereocenters. The molecule has 18 heavy (non-hydrogen) atoms. The Balaban J connectivity index is 1.57. The average molecular weight is 254 g/mol. The van der Waals surface area contributed by atoms with Crippen LogP contribution in [0.4, 0.5) is 0 Å². The molecule has 1 aliphatic heterocycles. The number of carbonyl (C=O) groups excluding carboxylic acids is 2. The quantitative estimate of drug-likeness (QED) is 0.547. The first kappa shape index (κ1) is 13.3. The number of amides is 2. The molecule has 2 fully saturated rings. The molecule has 1 atom stereocenters. The summed E-state index contributed by atoms with van der Waals surface area (Å²) in [6.45, 7) is 2.91. The van der Waals surface area contributed by atoms with E-state index in [1.807, 2.05) is 0 Å². The second-order valence-corrected chi connectivity index (χ2v) is 5.17. The minimum Gasteiger partial charge on any atom is -0.354 e. The Labute approximate surface area is 107 Å². The summed E-state index contributed by atoms with van der Waals surface area (Å²) in [6.07, 6.45) is 3.83. The van der Waals surface area contributed by atoms with E-state index >= 15 is 0 Å². The number of hydrogen-bond donors (Lipinski definition) is 3. The van der Waals surface area contributed by atoms with Crippen molar-refractivity contribution in [2.24, 2.45) is 11.7 Å². The third-order valence-corrected chi connectivity index (χ3v) is 3.60. The van der Waals surface area contributed by atoms with Crippen LogP contribution in [-0.2, 0) is 9.59 Å². The fraction of sp³-hybridized carbons (Fsp3) is 0.833. The lowest BCUT2D eigenvalue weighted by Crippen LogP contribution is -2.41. The Bertz CT molecular complexity index is 317. The maximum absolute atomic E-state index is 11.5. The van der Waals surface area contributed by atoms with Crippen molar-refractivity contribution in [3.05, 3.63) is 0 Å². The fourth-order valence-electron chi connectivity index (χ4n) is 2.37. The van der Waals surface area contributed by atoms with Gasteiger partial charge in [-0.05, 0) is 31.7 Å². The minimum absolute atomic E-state index is 0.0229. The first-order valence-electron chi connectivity index (χ1n) is 6.66. The Kier molecular flexibility index (Phi) is 4.54. The van der Waals surface area contributed by atoms with Crippen molar-refractivity contribution in [3.8, 4) is 0 Å². The van der Waals surface area contributed by atoms with Crippen LogP contribution in [0.15, 0.2) is 0 Å². The van der Waals surface area contributed by atoms with Crippen molar-refractivity contribution in [1.82, 2.24) is 15.5 Å². The Morgan fingerprint density at radius 2 is 1.94 bits per heavy atom. The predicted octanol–water partition coefficient (Wildman–Crippen LogP) is -1.34. The van der Waals surface area contributed by atoms with E-state index in [2.05, 4.69) is 15.5 Å². The van der Waals surface area contributed by atoms with Crippen LogP contribution in [0.5, 0.6) is 0 Å².